The van der Waals surface area contributed by atoms with Gasteiger partial charge < -0.3 is 24.2 Å². The number of nitrogens with zero attached hydrogens (tertiary/aromatic N) is 4. The molecule has 0 spiro atoms. The number of amides is 1. The SMILES string of the molecule is COc1cc2c(c(N3CCN(C)CC3)c1)OC(C(=O)NN1CCN(C)CC1)CC2. The van der Waals surface area contributed by atoms with E-state index in [0.29, 0.717) is 6.42 Å². The number of methoxy groups -OCH3 is 1. The Hall–Kier alpha value is -2.03. The van der Waals surface area contributed by atoms with E-state index in [9.17, 15) is 4.79 Å². The molecule has 1 amide bonds. The predicted octanol–water partition coefficient (Wildman–Crippen LogP) is 0.419. The lowest BCUT2D eigenvalue weighted by Crippen LogP contribution is -2.55. The second kappa shape index (κ2) is 8.77. The van der Waals surface area contributed by atoms with E-state index in [4.69, 9.17) is 9.47 Å². The highest BCUT2D eigenvalue weighted by atomic mass is 16.5. The van der Waals surface area contributed by atoms with Crippen molar-refractivity contribution in [2.45, 2.75) is 18.9 Å². The minimum Gasteiger partial charge on any atom is -0.497 e. The van der Waals surface area contributed by atoms with Gasteiger partial charge in [0, 0.05) is 64.0 Å². The predicted molar refractivity (Wildman–Crippen MR) is 113 cm³/mol. The first-order valence-electron chi connectivity index (χ1n) is 10.6. The van der Waals surface area contributed by atoms with Crippen molar-refractivity contribution in [2.24, 2.45) is 0 Å². The third-order valence-corrected chi connectivity index (χ3v) is 6.20. The van der Waals surface area contributed by atoms with Crippen molar-refractivity contribution in [1.29, 1.82) is 0 Å². The first-order chi connectivity index (χ1) is 14.0. The Balaban J connectivity index is 1.49. The van der Waals surface area contributed by atoms with Crippen molar-refractivity contribution in [3.8, 4) is 11.5 Å². The van der Waals surface area contributed by atoms with Gasteiger partial charge in [-0.1, -0.05) is 0 Å². The Morgan fingerprint density at radius 3 is 2.34 bits per heavy atom. The first kappa shape index (κ1) is 20.3. The Morgan fingerprint density at radius 1 is 1.03 bits per heavy atom. The Bertz CT molecular complexity index is 727. The minimum atomic E-state index is -0.457. The van der Waals surface area contributed by atoms with Crippen molar-refractivity contribution in [3.05, 3.63) is 17.7 Å². The maximum Gasteiger partial charge on any atom is 0.275 e. The maximum atomic E-state index is 12.9. The molecule has 1 unspecified atom stereocenters. The van der Waals surface area contributed by atoms with Crippen LogP contribution in [0.1, 0.15) is 12.0 Å². The fourth-order valence-corrected chi connectivity index (χ4v) is 4.18. The molecular weight excluding hydrogens is 370 g/mol. The van der Waals surface area contributed by atoms with Gasteiger partial charge in [0.05, 0.1) is 12.8 Å². The number of anilines is 1. The summed E-state index contributed by atoms with van der Waals surface area (Å²) in [5.74, 6) is 1.65. The van der Waals surface area contributed by atoms with Gasteiger partial charge in [0.15, 0.2) is 6.10 Å². The zero-order valence-corrected chi connectivity index (χ0v) is 17.8. The smallest absolute Gasteiger partial charge is 0.275 e. The highest BCUT2D eigenvalue weighted by Gasteiger charge is 2.31. The topological polar surface area (TPSA) is 60.5 Å². The summed E-state index contributed by atoms with van der Waals surface area (Å²) in [4.78, 5) is 19.8. The zero-order chi connectivity index (χ0) is 20.4. The van der Waals surface area contributed by atoms with Crippen LogP contribution in [-0.4, -0.2) is 100 Å². The van der Waals surface area contributed by atoms with Crippen LogP contribution in [0.3, 0.4) is 0 Å². The summed E-state index contributed by atoms with van der Waals surface area (Å²) in [7, 11) is 5.95. The highest BCUT2D eigenvalue weighted by molar-refractivity contribution is 5.82. The average molecular weight is 404 g/mol. The molecule has 1 atom stereocenters. The number of piperazine rings is 2. The number of hydrazine groups is 1. The molecule has 0 aliphatic carbocycles. The second-order valence-corrected chi connectivity index (χ2v) is 8.34. The van der Waals surface area contributed by atoms with E-state index in [-0.39, 0.29) is 5.91 Å². The van der Waals surface area contributed by atoms with Gasteiger partial charge in [-0.25, -0.2) is 5.01 Å². The van der Waals surface area contributed by atoms with Crippen LogP contribution in [0.5, 0.6) is 11.5 Å². The monoisotopic (exact) mass is 403 g/mol. The molecule has 1 aromatic rings. The summed E-state index contributed by atoms with van der Waals surface area (Å²) in [6.07, 6.45) is 1.04. The molecule has 8 nitrogen and oxygen atoms in total. The van der Waals surface area contributed by atoms with E-state index in [2.05, 4.69) is 34.2 Å². The summed E-state index contributed by atoms with van der Waals surface area (Å²) >= 11 is 0. The molecule has 0 aromatic heterocycles. The minimum absolute atomic E-state index is 0.0413. The van der Waals surface area contributed by atoms with Crippen molar-refractivity contribution in [2.75, 3.05) is 78.5 Å². The van der Waals surface area contributed by atoms with E-state index in [1.54, 1.807) is 7.11 Å². The fourth-order valence-electron chi connectivity index (χ4n) is 4.18. The lowest BCUT2D eigenvalue weighted by molar-refractivity contribution is -0.134. The van der Waals surface area contributed by atoms with E-state index >= 15 is 0 Å². The molecule has 1 aromatic carbocycles. The zero-order valence-electron chi connectivity index (χ0n) is 17.8. The third-order valence-electron chi connectivity index (χ3n) is 6.20. The molecule has 3 aliphatic heterocycles. The molecule has 2 saturated heterocycles. The lowest BCUT2D eigenvalue weighted by Gasteiger charge is -2.37. The number of carbonyl (C=O) groups excluding carboxylic acids is 1. The number of likely N-dealkylation sites (N-methyl/N-ethyl adjacent to an activating group) is 2. The van der Waals surface area contributed by atoms with Gasteiger partial charge in [0.25, 0.3) is 5.91 Å². The van der Waals surface area contributed by atoms with Gasteiger partial charge >= 0.3 is 0 Å². The van der Waals surface area contributed by atoms with Gasteiger partial charge in [-0.2, -0.15) is 0 Å². The number of fused-ring (bicyclic) bond motifs is 1. The molecule has 0 bridgehead atoms. The number of aryl methyl sites for hydroxylation is 1. The van der Waals surface area contributed by atoms with Crippen molar-refractivity contribution in [1.82, 2.24) is 20.2 Å². The molecular formula is C21H33N5O3. The van der Waals surface area contributed by atoms with Crippen LogP contribution in [0.25, 0.3) is 0 Å². The van der Waals surface area contributed by atoms with E-state index in [1.165, 1.54) is 0 Å². The number of rotatable bonds is 4. The number of hydrogen-bond acceptors (Lipinski definition) is 7. The van der Waals surface area contributed by atoms with Gasteiger partial charge in [-0.05, 0) is 33.0 Å². The van der Waals surface area contributed by atoms with Gasteiger partial charge in [-0.3, -0.25) is 10.2 Å². The molecule has 3 aliphatic rings. The van der Waals surface area contributed by atoms with E-state index < -0.39 is 6.10 Å². The van der Waals surface area contributed by atoms with Crippen LogP contribution in [0.15, 0.2) is 12.1 Å². The van der Waals surface area contributed by atoms with Crippen LogP contribution in [0, 0.1) is 0 Å². The van der Waals surface area contributed by atoms with Crippen molar-refractivity contribution >= 4 is 11.6 Å². The number of carbonyl (C=O) groups is 1. The Morgan fingerprint density at radius 2 is 1.69 bits per heavy atom. The number of hydrogen-bond donors (Lipinski definition) is 1. The van der Waals surface area contributed by atoms with Crippen LogP contribution in [0.4, 0.5) is 5.69 Å². The number of ether oxygens (including phenoxy) is 2. The molecule has 160 valence electrons. The fraction of sp³-hybridized carbons (Fsp3) is 0.667. The maximum absolute atomic E-state index is 12.9. The molecule has 29 heavy (non-hydrogen) atoms. The molecule has 1 N–H and O–H groups in total. The molecule has 2 fully saturated rings. The quantitative estimate of drug-likeness (QED) is 0.782. The summed E-state index contributed by atoms with van der Waals surface area (Å²) in [6, 6.07) is 4.09. The number of benzene rings is 1. The van der Waals surface area contributed by atoms with Gasteiger partial charge in [0.2, 0.25) is 0 Å². The summed E-state index contributed by atoms with van der Waals surface area (Å²) < 4.78 is 11.8. The highest BCUT2D eigenvalue weighted by Crippen LogP contribution is 2.41. The largest absolute Gasteiger partial charge is 0.497 e. The average Bonchev–Trinajstić information content (AvgIpc) is 2.74. The van der Waals surface area contributed by atoms with Crippen molar-refractivity contribution in [3.63, 3.8) is 0 Å². The van der Waals surface area contributed by atoms with Crippen LogP contribution in [0.2, 0.25) is 0 Å². The van der Waals surface area contributed by atoms with Crippen LogP contribution >= 0.6 is 0 Å². The standard InChI is InChI=1S/C21H33N5O3/c1-23-6-10-25(11-7-23)18-15-17(28-3)14-16-4-5-19(29-20(16)18)21(27)22-26-12-8-24(2)9-13-26/h14-15,19H,4-13H2,1-3H3,(H,22,27). The normalized spacial score (nSPS) is 24.0. The third kappa shape index (κ3) is 4.60. The van der Waals surface area contributed by atoms with Crippen LogP contribution in [-0.2, 0) is 11.2 Å². The Labute approximate surface area is 173 Å². The van der Waals surface area contributed by atoms with Gasteiger partial charge in [0.1, 0.15) is 11.5 Å². The molecule has 0 radical (unpaired) electrons. The lowest BCUT2D eigenvalue weighted by atomic mass is 9.99. The van der Waals surface area contributed by atoms with E-state index in [0.717, 1.165) is 81.5 Å². The summed E-state index contributed by atoms with van der Waals surface area (Å²) in [5.41, 5.74) is 5.24. The number of nitrogens with one attached hydrogen (secondary N) is 1. The molecule has 3 heterocycles. The molecule has 0 saturated carbocycles. The van der Waals surface area contributed by atoms with Crippen LogP contribution < -0.4 is 19.8 Å². The summed E-state index contributed by atoms with van der Waals surface area (Å²) in [6.45, 7) is 7.52. The van der Waals surface area contributed by atoms with Crippen molar-refractivity contribution < 1.29 is 14.3 Å². The first-order valence-corrected chi connectivity index (χ1v) is 10.6. The summed E-state index contributed by atoms with van der Waals surface area (Å²) in [5, 5.41) is 2.01. The van der Waals surface area contributed by atoms with Gasteiger partial charge in [-0.15, -0.1) is 0 Å². The Kier molecular flexibility index (Phi) is 6.12. The molecule has 8 heteroatoms. The molecule has 4 rings (SSSR count). The second-order valence-electron chi connectivity index (χ2n) is 8.34. The van der Waals surface area contributed by atoms with E-state index in [1.807, 2.05) is 17.1 Å².